The van der Waals surface area contributed by atoms with E-state index in [0.29, 0.717) is 18.1 Å². The van der Waals surface area contributed by atoms with Crippen molar-refractivity contribution in [1.82, 2.24) is 0 Å². The Morgan fingerprint density at radius 1 is 1.18 bits per heavy atom. The van der Waals surface area contributed by atoms with Gasteiger partial charge in [0.15, 0.2) is 0 Å². The van der Waals surface area contributed by atoms with E-state index in [0.717, 1.165) is 19.3 Å². The molecule has 2 heteroatoms. The molecule has 0 amide bonds. The Hall–Kier alpha value is -0.0800. The van der Waals surface area contributed by atoms with Crippen LogP contribution in [-0.4, -0.2) is 26.4 Å². The van der Waals surface area contributed by atoms with Crippen LogP contribution in [-0.2, 0) is 9.47 Å². The summed E-state index contributed by atoms with van der Waals surface area (Å²) in [4.78, 5) is 0. The third-order valence-corrected chi connectivity index (χ3v) is 2.50. The molecule has 0 bridgehead atoms. The molecule has 0 aromatic heterocycles. The quantitative estimate of drug-likeness (QED) is 0.606. The fourth-order valence-electron chi connectivity index (χ4n) is 1.72. The van der Waals surface area contributed by atoms with Crippen molar-refractivity contribution in [3.05, 3.63) is 6.92 Å². The lowest BCUT2D eigenvalue weighted by Gasteiger charge is -2.32. The van der Waals surface area contributed by atoms with Crippen LogP contribution in [0.1, 0.15) is 19.3 Å². The molecule has 0 aromatic rings. The minimum absolute atomic E-state index is 0.349. The fourth-order valence-corrected chi connectivity index (χ4v) is 1.72. The summed E-state index contributed by atoms with van der Waals surface area (Å²) in [6, 6.07) is 0. The van der Waals surface area contributed by atoms with Gasteiger partial charge in [-0.2, -0.15) is 0 Å². The molecule has 11 heavy (non-hydrogen) atoms. The SMILES string of the molecule is [CH2]C1CC(OC)CCC1OC. The highest BCUT2D eigenvalue weighted by molar-refractivity contribution is 4.82. The number of ether oxygens (including phenoxy) is 2. The third kappa shape index (κ3) is 2.17. The van der Waals surface area contributed by atoms with Gasteiger partial charge in [0.2, 0.25) is 0 Å². The molecule has 3 unspecified atom stereocenters. The van der Waals surface area contributed by atoms with Crippen LogP contribution >= 0.6 is 0 Å². The molecule has 0 aliphatic heterocycles. The first-order valence-electron chi connectivity index (χ1n) is 4.16. The molecule has 0 aromatic carbocycles. The summed E-state index contributed by atoms with van der Waals surface area (Å²) < 4.78 is 10.5. The minimum atomic E-state index is 0.349. The van der Waals surface area contributed by atoms with E-state index in [4.69, 9.17) is 9.47 Å². The third-order valence-electron chi connectivity index (χ3n) is 2.50. The van der Waals surface area contributed by atoms with E-state index in [1.807, 2.05) is 0 Å². The second kappa shape index (κ2) is 4.07. The Bertz CT molecular complexity index is 114. The van der Waals surface area contributed by atoms with Gasteiger partial charge in [0.1, 0.15) is 0 Å². The van der Waals surface area contributed by atoms with E-state index in [-0.39, 0.29) is 0 Å². The molecule has 2 nitrogen and oxygen atoms in total. The van der Waals surface area contributed by atoms with E-state index < -0.39 is 0 Å². The summed E-state index contributed by atoms with van der Waals surface area (Å²) in [6.07, 6.45) is 3.99. The summed E-state index contributed by atoms with van der Waals surface area (Å²) in [5, 5.41) is 0. The Balaban J connectivity index is 2.34. The van der Waals surface area contributed by atoms with Crippen LogP contribution in [0.4, 0.5) is 0 Å². The van der Waals surface area contributed by atoms with E-state index in [1.54, 1.807) is 14.2 Å². The maximum atomic E-state index is 5.28. The van der Waals surface area contributed by atoms with Crippen molar-refractivity contribution in [1.29, 1.82) is 0 Å². The van der Waals surface area contributed by atoms with Gasteiger partial charge < -0.3 is 9.47 Å². The normalized spacial score (nSPS) is 39.0. The molecular formula is C9H17O2. The molecule has 1 aliphatic rings. The Morgan fingerprint density at radius 3 is 2.36 bits per heavy atom. The van der Waals surface area contributed by atoms with Gasteiger partial charge in [-0.3, -0.25) is 0 Å². The predicted molar refractivity (Wildman–Crippen MR) is 44.3 cm³/mol. The van der Waals surface area contributed by atoms with Crippen LogP contribution in [0.25, 0.3) is 0 Å². The van der Waals surface area contributed by atoms with E-state index in [9.17, 15) is 0 Å². The maximum absolute atomic E-state index is 5.28. The number of hydrogen-bond acceptors (Lipinski definition) is 2. The topological polar surface area (TPSA) is 18.5 Å². The highest BCUT2D eigenvalue weighted by atomic mass is 16.5. The van der Waals surface area contributed by atoms with Gasteiger partial charge in [-0.25, -0.2) is 0 Å². The molecule has 1 aliphatic carbocycles. The number of methoxy groups -OCH3 is 2. The molecule has 65 valence electrons. The Labute approximate surface area is 68.9 Å². The zero-order chi connectivity index (χ0) is 8.27. The zero-order valence-electron chi connectivity index (χ0n) is 7.38. The maximum Gasteiger partial charge on any atom is 0.0601 e. The predicted octanol–water partition coefficient (Wildman–Crippen LogP) is 1.65. The molecule has 3 atom stereocenters. The van der Waals surface area contributed by atoms with Crippen LogP contribution in [0, 0.1) is 12.8 Å². The lowest BCUT2D eigenvalue weighted by Crippen LogP contribution is -2.32. The van der Waals surface area contributed by atoms with Crippen molar-refractivity contribution in [3.63, 3.8) is 0 Å². The van der Waals surface area contributed by atoms with Gasteiger partial charge in [-0.15, -0.1) is 0 Å². The molecule has 0 N–H and O–H groups in total. The zero-order valence-corrected chi connectivity index (χ0v) is 7.38. The number of rotatable bonds is 2. The monoisotopic (exact) mass is 157 g/mol. The lowest BCUT2D eigenvalue weighted by molar-refractivity contribution is -0.0206. The van der Waals surface area contributed by atoms with Crippen molar-refractivity contribution in [2.45, 2.75) is 31.5 Å². The van der Waals surface area contributed by atoms with Crippen molar-refractivity contribution in [3.8, 4) is 0 Å². The summed E-state index contributed by atoms with van der Waals surface area (Å²) in [6.45, 7) is 4.04. The minimum Gasteiger partial charge on any atom is -0.381 e. The molecule has 1 rings (SSSR count). The summed E-state index contributed by atoms with van der Waals surface area (Å²) in [5.74, 6) is 0.402. The summed E-state index contributed by atoms with van der Waals surface area (Å²) in [5.41, 5.74) is 0. The first-order valence-corrected chi connectivity index (χ1v) is 4.16. The second-order valence-corrected chi connectivity index (χ2v) is 3.20. The standard InChI is InChI=1S/C9H17O2/c1-7-6-8(10-2)4-5-9(7)11-3/h7-9H,1,4-6H2,2-3H3. The van der Waals surface area contributed by atoms with E-state index >= 15 is 0 Å². The van der Waals surface area contributed by atoms with Crippen molar-refractivity contribution in [2.75, 3.05) is 14.2 Å². The van der Waals surface area contributed by atoms with Crippen LogP contribution in [0.5, 0.6) is 0 Å². The second-order valence-electron chi connectivity index (χ2n) is 3.20. The Morgan fingerprint density at radius 2 is 1.91 bits per heavy atom. The Kier molecular flexibility index (Phi) is 3.34. The van der Waals surface area contributed by atoms with Crippen molar-refractivity contribution in [2.24, 2.45) is 5.92 Å². The molecular weight excluding hydrogens is 140 g/mol. The van der Waals surface area contributed by atoms with Crippen LogP contribution in [0.3, 0.4) is 0 Å². The first kappa shape index (κ1) is 9.01. The lowest BCUT2D eigenvalue weighted by atomic mass is 9.86. The molecule has 0 heterocycles. The summed E-state index contributed by atoms with van der Waals surface area (Å²) in [7, 11) is 3.53. The largest absolute Gasteiger partial charge is 0.381 e. The molecule has 1 saturated carbocycles. The van der Waals surface area contributed by atoms with Gasteiger partial charge in [-0.05, 0) is 32.1 Å². The van der Waals surface area contributed by atoms with Gasteiger partial charge in [-0.1, -0.05) is 0 Å². The van der Waals surface area contributed by atoms with Crippen molar-refractivity contribution >= 4 is 0 Å². The fraction of sp³-hybridized carbons (Fsp3) is 0.889. The van der Waals surface area contributed by atoms with Crippen LogP contribution in [0.2, 0.25) is 0 Å². The van der Waals surface area contributed by atoms with Crippen molar-refractivity contribution < 1.29 is 9.47 Å². The average molecular weight is 157 g/mol. The van der Waals surface area contributed by atoms with Gasteiger partial charge in [0, 0.05) is 14.2 Å². The van der Waals surface area contributed by atoms with Gasteiger partial charge in [0.25, 0.3) is 0 Å². The first-order chi connectivity index (χ1) is 5.27. The van der Waals surface area contributed by atoms with Crippen LogP contribution < -0.4 is 0 Å². The highest BCUT2D eigenvalue weighted by Gasteiger charge is 2.26. The van der Waals surface area contributed by atoms with E-state index in [2.05, 4.69) is 6.92 Å². The average Bonchev–Trinajstić information content (AvgIpc) is 2.04. The molecule has 1 radical (unpaired) electrons. The van der Waals surface area contributed by atoms with E-state index in [1.165, 1.54) is 0 Å². The highest BCUT2D eigenvalue weighted by Crippen LogP contribution is 2.27. The molecule has 0 saturated heterocycles. The van der Waals surface area contributed by atoms with Gasteiger partial charge >= 0.3 is 0 Å². The molecule has 1 fully saturated rings. The number of hydrogen-bond donors (Lipinski definition) is 0. The van der Waals surface area contributed by atoms with Gasteiger partial charge in [0.05, 0.1) is 12.2 Å². The smallest absolute Gasteiger partial charge is 0.0601 e. The molecule has 0 spiro atoms. The van der Waals surface area contributed by atoms with Crippen LogP contribution in [0.15, 0.2) is 0 Å². The summed E-state index contributed by atoms with van der Waals surface area (Å²) >= 11 is 0.